The van der Waals surface area contributed by atoms with Gasteiger partial charge in [0.2, 0.25) is 0 Å². The Labute approximate surface area is 114 Å². The van der Waals surface area contributed by atoms with Crippen molar-refractivity contribution in [3.63, 3.8) is 0 Å². The van der Waals surface area contributed by atoms with Gasteiger partial charge in [0.15, 0.2) is 0 Å². The highest BCUT2D eigenvalue weighted by Crippen LogP contribution is 2.22. The average molecular weight is 264 g/mol. The number of pyridine rings is 1. The average Bonchev–Trinajstić information content (AvgIpc) is 2.47. The molecule has 0 aliphatic heterocycles. The fraction of sp³-hybridized carbons (Fsp3) is 0. The molecule has 0 aliphatic carbocycles. The summed E-state index contributed by atoms with van der Waals surface area (Å²) in [6, 6.07) is 9.95. The van der Waals surface area contributed by atoms with E-state index in [1.165, 1.54) is 30.6 Å². The first-order valence-corrected chi connectivity index (χ1v) is 5.54. The van der Waals surface area contributed by atoms with Gasteiger partial charge in [-0.2, -0.15) is 10.5 Å². The third-order valence-electron chi connectivity index (χ3n) is 2.59. The Kier molecular flexibility index (Phi) is 3.60. The minimum atomic E-state index is -1.10. The van der Waals surface area contributed by atoms with E-state index < -0.39 is 5.97 Å². The van der Waals surface area contributed by atoms with E-state index in [0.717, 1.165) is 0 Å². The Morgan fingerprint density at radius 3 is 2.60 bits per heavy atom. The predicted molar refractivity (Wildman–Crippen MR) is 70.4 cm³/mol. The Hall–Kier alpha value is -3.38. The molecular weight excluding hydrogens is 256 g/mol. The molecule has 0 unspecified atom stereocenters. The topological polar surface area (TPSA) is 110 Å². The lowest BCUT2D eigenvalue weighted by Crippen LogP contribution is -2.03. The van der Waals surface area contributed by atoms with Crippen LogP contribution in [0.25, 0.3) is 0 Å². The minimum Gasteiger partial charge on any atom is -0.478 e. The summed E-state index contributed by atoms with van der Waals surface area (Å²) < 4.78 is 0. The molecule has 96 valence electrons. The highest BCUT2D eigenvalue weighted by molar-refractivity contribution is 5.94. The van der Waals surface area contributed by atoms with Crippen molar-refractivity contribution in [2.75, 3.05) is 5.32 Å². The second-order valence-corrected chi connectivity index (χ2v) is 3.84. The fourth-order valence-corrected chi connectivity index (χ4v) is 1.64. The molecule has 0 amide bonds. The standard InChI is InChI=1S/C14H8N4O2/c15-6-9-1-2-11(5-10(9)7-16)18-13-3-4-17-8-12(13)14(19)20/h1-5,8H,(H,17,18)(H,19,20). The number of hydrogen-bond acceptors (Lipinski definition) is 5. The van der Waals surface area contributed by atoms with Crippen LogP contribution in [0.1, 0.15) is 21.5 Å². The van der Waals surface area contributed by atoms with Crippen LogP contribution in [0.15, 0.2) is 36.7 Å². The van der Waals surface area contributed by atoms with Crippen LogP contribution >= 0.6 is 0 Å². The molecule has 20 heavy (non-hydrogen) atoms. The van der Waals surface area contributed by atoms with E-state index >= 15 is 0 Å². The molecule has 0 bridgehead atoms. The molecule has 2 N–H and O–H groups in total. The Bertz CT molecular complexity index is 756. The maximum absolute atomic E-state index is 11.1. The molecule has 0 radical (unpaired) electrons. The second-order valence-electron chi connectivity index (χ2n) is 3.84. The van der Waals surface area contributed by atoms with Gasteiger partial charge in [-0.15, -0.1) is 0 Å². The number of carboxylic acid groups (broad SMARTS) is 1. The van der Waals surface area contributed by atoms with E-state index in [0.29, 0.717) is 11.4 Å². The lowest BCUT2D eigenvalue weighted by molar-refractivity contribution is 0.0697. The van der Waals surface area contributed by atoms with Crippen molar-refractivity contribution in [3.05, 3.63) is 53.3 Å². The maximum atomic E-state index is 11.1. The van der Waals surface area contributed by atoms with Crippen LogP contribution in [-0.2, 0) is 0 Å². The van der Waals surface area contributed by atoms with Gasteiger partial charge in [0.1, 0.15) is 17.7 Å². The molecule has 0 spiro atoms. The van der Waals surface area contributed by atoms with Crippen molar-refractivity contribution >= 4 is 17.3 Å². The lowest BCUT2D eigenvalue weighted by atomic mass is 10.1. The summed E-state index contributed by atoms with van der Waals surface area (Å²) in [6.45, 7) is 0. The first-order valence-electron chi connectivity index (χ1n) is 5.54. The van der Waals surface area contributed by atoms with Crippen molar-refractivity contribution in [2.24, 2.45) is 0 Å². The zero-order valence-electron chi connectivity index (χ0n) is 10.2. The fourth-order valence-electron chi connectivity index (χ4n) is 1.64. The first-order chi connectivity index (χ1) is 9.65. The Balaban J connectivity index is 2.39. The van der Waals surface area contributed by atoms with E-state index in [4.69, 9.17) is 15.6 Å². The molecule has 2 rings (SSSR count). The summed E-state index contributed by atoms with van der Waals surface area (Å²) >= 11 is 0. The zero-order valence-corrected chi connectivity index (χ0v) is 10.2. The summed E-state index contributed by atoms with van der Waals surface area (Å²) in [4.78, 5) is 14.8. The quantitative estimate of drug-likeness (QED) is 0.879. The molecule has 0 saturated heterocycles. The van der Waals surface area contributed by atoms with Gasteiger partial charge in [-0.05, 0) is 24.3 Å². The van der Waals surface area contributed by atoms with E-state index in [9.17, 15) is 4.79 Å². The SMILES string of the molecule is N#Cc1ccc(Nc2ccncc2C(=O)O)cc1C#N. The number of nitriles is 2. The summed E-state index contributed by atoms with van der Waals surface area (Å²) in [7, 11) is 0. The van der Waals surface area contributed by atoms with Crippen molar-refractivity contribution < 1.29 is 9.90 Å². The third-order valence-corrected chi connectivity index (χ3v) is 2.59. The summed E-state index contributed by atoms with van der Waals surface area (Å²) in [5, 5.41) is 29.7. The molecule has 1 aromatic carbocycles. The highest BCUT2D eigenvalue weighted by atomic mass is 16.4. The van der Waals surface area contributed by atoms with Gasteiger partial charge >= 0.3 is 5.97 Å². The second kappa shape index (κ2) is 5.51. The molecule has 1 aromatic heterocycles. The van der Waals surface area contributed by atoms with E-state index in [2.05, 4.69) is 10.3 Å². The molecule has 0 atom stereocenters. The number of carbonyl (C=O) groups is 1. The Morgan fingerprint density at radius 1 is 1.20 bits per heavy atom. The van der Waals surface area contributed by atoms with E-state index in [-0.39, 0.29) is 16.7 Å². The van der Waals surface area contributed by atoms with Gasteiger partial charge in [-0.1, -0.05) is 0 Å². The van der Waals surface area contributed by atoms with Crippen molar-refractivity contribution in [1.82, 2.24) is 4.98 Å². The van der Waals surface area contributed by atoms with Gasteiger partial charge < -0.3 is 10.4 Å². The largest absolute Gasteiger partial charge is 0.478 e. The minimum absolute atomic E-state index is 0.0235. The summed E-state index contributed by atoms with van der Waals surface area (Å²) in [5.41, 5.74) is 1.40. The molecule has 6 nitrogen and oxygen atoms in total. The highest BCUT2D eigenvalue weighted by Gasteiger charge is 2.10. The summed E-state index contributed by atoms with van der Waals surface area (Å²) in [5.74, 6) is -1.10. The molecule has 0 aliphatic rings. The number of rotatable bonds is 3. The number of aromatic carboxylic acids is 1. The molecule has 0 fully saturated rings. The van der Waals surface area contributed by atoms with Crippen molar-refractivity contribution in [3.8, 4) is 12.1 Å². The molecule has 1 heterocycles. The van der Waals surface area contributed by atoms with Crippen LogP contribution in [0.4, 0.5) is 11.4 Å². The van der Waals surface area contributed by atoms with Crippen molar-refractivity contribution in [1.29, 1.82) is 10.5 Å². The van der Waals surface area contributed by atoms with Gasteiger partial charge in [0.25, 0.3) is 0 Å². The number of anilines is 2. The summed E-state index contributed by atoms with van der Waals surface area (Å²) in [6.07, 6.45) is 2.70. The van der Waals surface area contributed by atoms with Crippen LogP contribution in [0.3, 0.4) is 0 Å². The van der Waals surface area contributed by atoms with Crippen LogP contribution in [0.5, 0.6) is 0 Å². The van der Waals surface area contributed by atoms with Crippen LogP contribution < -0.4 is 5.32 Å². The van der Waals surface area contributed by atoms with E-state index in [1.807, 2.05) is 12.1 Å². The maximum Gasteiger partial charge on any atom is 0.339 e. The zero-order chi connectivity index (χ0) is 14.5. The lowest BCUT2D eigenvalue weighted by Gasteiger charge is -2.09. The number of nitrogens with zero attached hydrogens (tertiary/aromatic N) is 3. The van der Waals surface area contributed by atoms with Crippen LogP contribution in [0, 0.1) is 22.7 Å². The van der Waals surface area contributed by atoms with Gasteiger partial charge in [0.05, 0.1) is 16.8 Å². The monoisotopic (exact) mass is 264 g/mol. The molecule has 2 aromatic rings. The van der Waals surface area contributed by atoms with Gasteiger partial charge in [-0.3, -0.25) is 4.98 Å². The predicted octanol–water partition coefficient (Wildman–Crippen LogP) is 2.27. The smallest absolute Gasteiger partial charge is 0.339 e. The van der Waals surface area contributed by atoms with Crippen LogP contribution in [0.2, 0.25) is 0 Å². The number of benzene rings is 1. The molecule has 0 saturated carbocycles. The number of hydrogen-bond donors (Lipinski definition) is 2. The van der Waals surface area contributed by atoms with Crippen LogP contribution in [-0.4, -0.2) is 16.1 Å². The normalized spacial score (nSPS) is 9.30. The van der Waals surface area contributed by atoms with Gasteiger partial charge in [0, 0.05) is 18.1 Å². The molecule has 6 heteroatoms. The van der Waals surface area contributed by atoms with E-state index in [1.54, 1.807) is 6.07 Å². The number of nitrogens with one attached hydrogen (secondary N) is 1. The number of carboxylic acids is 1. The third kappa shape index (κ3) is 2.55. The number of aromatic nitrogens is 1. The molecular formula is C14H8N4O2. The van der Waals surface area contributed by atoms with Crippen molar-refractivity contribution in [2.45, 2.75) is 0 Å². The first kappa shape index (κ1) is 13.1. The Morgan fingerprint density at radius 2 is 1.95 bits per heavy atom. The van der Waals surface area contributed by atoms with Gasteiger partial charge in [-0.25, -0.2) is 4.79 Å².